The fourth-order valence-electron chi connectivity index (χ4n) is 15.6. The minimum Gasteiger partial charge on any atom is -0.392 e. The van der Waals surface area contributed by atoms with E-state index >= 15 is 0 Å². The molecule has 0 amide bonds. The second-order valence-corrected chi connectivity index (χ2v) is 29.0. The molecule has 0 aromatic carbocycles. The number of ether oxygens (including phenoxy) is 2. The SMILES string of the molecule is C[C@H]1CN(C2COC2)CCN1c1ccc(Nc2cc(-c3ccnc(-n4ccn5c6c(cc5c4=O)CC(C)(C)C6)c3CO)cn(C)c2=O)nc1.C[C@H]1CN(C2COC2)CCN1c1ccc(Nc2cc(-c3ccnc(-n4ccn5c6c(cc5c4=O)CC(C)(C)C6)c3CO)cn(C)c2=O)nc1.S.S. The van der Waals surface area contributed by atoms with Crippen molar-refractivity contribution in [1.82, 2.24) is 56.8 Å². The van der Waals surface area contributed by atoms with Gasteiger partial charge in [-0.25, -0.2) is 19.9 Å². The normalized spacial score (nSPS) is 18.9. The topological polar surface area (TPSA) is 244 Å². The molecule has 16 rings (SSSR count). The number of hydrogen-bond donors (Lipinski definition) is 4. The summed E-state index contributed by atoms with van der Waals surface area (Å²) in [5, 5.41) is 27.7. The zero-order valence-corrected chi connectivity index (χ0v) is 59.8. The molecule has 4 fully saturated rings. The van der Waals surface area contributed by atoms with Crippen LogP contribution in [-0.2, 0) is 62.5 Å². The van der Waals surface area contributed by atoms with Crippen LogP contribution in [0.1, 0.15) is 75.2 Å². The van der Waals surface area contributed by atoms with E-state index in [0.717, 1.165) is 103 Å². The standard InChI is InChI=1S/2C37H42N8O4.2H2S/c2*1-23-18-42(27-21-49-22-27)9-10-43(23)26-5-6-33(39-17-26)40-30-13-25(19-41(4)35(30)47)28-7-8-38-34(29(28)20-46)45-12-11-44-31(36(45)48)14-24-15-37(2,3)16-32(24)44;;/h2*5-8,11-14,17,19,23,27,46H,9-10,15-16,18,20-22H2,1-4H3,(H,39,40);2*1H2/t2*23-;;/m00../s1. The van der Waals surface area contributed by atoms with E-state index in [9.17, 15) is 29.4 Å². The minimum absolute atomic E-state index is 0. The fourth-order valence-corrected chi connectivity index (χ4v) is 15.6. The van der Waals surface area contributed by atoms with Gasteiger partial charge in [-0.1, -0.05) is 27.7 Å². The lowest BCUT2D eigenvalue weighted by molar-refractivity contribution is -0.0691. The Labute approximate surface area is 593 Å². The molecule has 4 saturated heterocycles. The van der Waals surface area contributed by atoms with Crippen molar-refractivity contribution < 1.29 is 19.7 Å². The Kier molecular flexibility index (Phi) is 19.2. The van der Waals surface area contributed by atoms with Gasteiger partial charge >= 0.3 is 0 Å². The number of hydrogen-bond acceptors (Lipinski definition) is 18. The molecule has 2 atom stereocenters. The van der Waals surface area contributed by atoms with Gasteiger partial charge in [-0.15, -0.1) is 0 Å². The van der Waals surface area contributed by atoms with Gasteiger partial charge in [-0.05, 0) is 133 Å². The third-order valence-corrected chi connectivity index (χ3v) is 20.8. The van der Waals surface area contributed by atoms with Crippen LogP contribution in [-0.4, -0.2) is 157 Å². The highest BCUT2D eigenvalue weighted by Gasteiger charge is 2.36. The van der Waals surface area contributed by atoms with Crippen molar-refractivity contribution in [2.45, 2.75) is 105 Å². The molecule has 0 spiro atoms. The molecule has 24 nitrogen and oxygen atoms in total. The molecule has 0 bridgehead atoms. The van der Waals surface area contributed by atoms with E-state index < -0.39 is 0 Å². The lowest BCUT2D eigenvalue weighted by Crippen LogP contribution is -2.59. The van der Waals surface area contributed by atoms with Crippen molar-refractivity contribution >= 4 is 72.4 Å². The molecule has 6 aliphatic rings. The molecule has 524 valence electrons. The first kappa shape index (κ1) is 69.6. The third kappa shape index (κ3) is 13.0. The molecule has 10 aromatic rings. The van der Waals surface area contributed by atoms with Gasteiger partial charge in [0.2, 0.25) is 0 Å². The molecule has 26 heteroatoms. The van der Waals surface area contributed by atoms with Crippen LogP contribution in [0.3, 0.4) is 0 Å². The number of pyridine rings is 6. The van der Waals surface area contributed by atoms with Crippen molar-refractivity contribution in [2.75, 3.05) is 86.1 Å². The minimum atomic E-state index is -0.350. The first-order chi connectivity index (χ1) is 47.2. The Bertz CT molecular complexity index is 4680. The summed E-state index contributed by atoms with van der Waals surface area (Å²) < 4.78 is 20.8. The summed E-state index contributed by atoms with van der Waals surface area (Å²) in [5.41, 5.74) is 11.9. The van der Waals surface area contributed by atoms with Gasteiger partial charge in [0, 0.05) is 149 Å². The molecular weight excluding hydrogens is 1310 g/mol. The molecule has 4 N–H and O–H groups in total. The Morgan fingerprint density at radius 1 is 0.520 bits per heavy atom. The van der Waals surface area contributed by atoms with E-state index in [4.69, 9.17) is 9.47 Å². The number of aromatic nitrogens is 10. The maximum atomic E-state index is 13.8. The molecule has 0 saturated carbocycles. The number of piperazine rings is 2. The van der Waals surface area contributed by atoms with Crippen LogP contribution in [0, 0.1) is 10.8 Å². The predicted octanol–water partition coefficient (Wildman–Crippen LogP) is 7.26. The number of aliphatic hydroxyl groups excluding tert-OH is 2. The van der Waals surface area contributed by atoms with Gasteiger partial charge in [-0.2, -0.15) is 27.0 Å². The van der Waals surface area contributed by atoms with E-state index in [1.54, 1.807) is 75.5 Å². The van der Waals surface area contributed by atoms with Crippen molar-refractivity contribution in [3.63, 3.8) is 0 Å². The number of anilines is 6. The largest absolute Gasteiger partial charge is 0.392 e. The predicted molar refractivity (Wildman–Crippen MR) is 399 cm³/mol. The number of rotatable bonds is 14. The Morgan fingerprint density at radius 2 is 0.930 bits per heavy atom. The van der Waals surface area contributed by atoms with Crippen molar-refractivity contribution in [1.29, 1.82) is 0 Å². The fraction of sp³-hybridized carbons (Fsp3) is 0.405. The molecule has 0 unspecified atom stereocenters. The highest BCUT2D eigenvalue weighted by Crippen LogP contribution is 2.40. The molecule has 100 heavy (non-hydrogen) atoms. The smallest absolute Gasteiger partial charge is 0.280 e. The van der Waals surface area contributed by atoms with E-state index in [0.29, 0.717) is 103 Å². The summed E-state index contributed by atoms with van der Waals surface area (Å²) in [7, 11) is 3.38. The van der Waals surface area contributed by atoms with Crippen LogP contribution in [0.4, 0.5) is 34.4 Å². The lowest BCUT2D eigenvalue weighted by atomic mass is 9.90. The summed E-state index contributed by atoms with van der Waals surface area (Å²) in [6.45, 7) is 21.8. The van der Waals surface area contributed by atoms with Crippen LogP contribution < -0.4 is 42.7 Å². The second kappa shape index (κ2) is 27.6. The molecular formula is C74H88N16O8S2. The number of nitrogens with zero attached hydrogens (tertiary/aromatic N) is 14. The van der Waals surface area contributed by atoms with Crippen LogP contribution >= 0.6 is 27.0 Å². The monoisotopic (exact) mass is 1390 g/mol. The van der Waals surface area contributed by atoms with Gasteiger partial charge in [0.1, 0.15) is 45.7 Å². The summed E-state index contributed by atoms with van der Waals surface area (Å²) in [5.74, 6) is 1.81. The van der Waals surface area contributed by atoms with E-state index in [-0.39, 0.29) is 73.3 Å². The molecule has 10 aromatic heterocycles. The molecule has 14 heterocycles. The van der Waals surface area contributed by atoms with Crippen molar-refractivity contribution in [3.05, 3.63) is 198 Å². The third-order valence-electron chi connectivity index (χ3n) is 20.8. The van der Waals surface area contributed by atoms with Gasteiger partial charge in [0.15, 0.2) is 0 Å². The summed E-state index contributed by atoms with van der Waals surface area (Å²) in [6.07, 6.45) is 21.3. The summed E-state index contributed by atoms with van der Waals surface area (Å²) in [6, 6.07) is 20.7. The highest BCUT2D eigenvalue weighted by molar-refractivity contribution is 7.59. The van der Waals surface area contributed by atoms with Crippen LogP contribution in [0.2, 0.25) is 0 Å². The first-order valence-electron chi connectivity index (χ1n) is 33.9. The number of nitrogens with one attached hydrogen (secondary N) is 2. The van der Waals surface area contributed by atoms with Gasteiger partial charge in [0.05, 0.1) is 75.5 Å². The van der Waals surface area contributed by atoms with Crippen LogP contribution in [0.5, 0.6) is 0 Å². The lowest BCUT2D eigenvalue weighted by Gasteiger charge is -2.46. The number of fused-ring (bicyclic) bond motifs is 6. The molecule has 4 aliphatic heterocycles. The average Bonchev–Trinajstić information content (AvgIpc) is 1.66. The summed E-state index contributed by atoms with van der Waals surface area (Å²) in [4.78, 5) is 82.4. The maximum absolute atomic E-state index is 13.8. The van der Waals surface area contributed by atoms with E-state index in [2.05, 4.69) is 91.7 Å². The summed E-state index contributed by atoms with van der Waals surface area (Å²) >= 11 is 0. The Balaban J connectivity index is 0.000000176. The molecule has 2 aliphatic carbocycles. The average molecular weight is 1390 g/mol. The van der Waals surface area contributed by atoms with Crippen LogP contribution in [0.15, 0.2) is 142 Å². The van der Waals surface area contributed by atoms with Gasteiger partial charge < -0.3 is 58.1 Å². The second-order valence-electron chi connectivity index (χ2n) is 29.0. The van der Waals surface area contributed by atoms with Crippen LogP contribution in [0.25, 0.3) is 44.9 Å². The van der Waals surface area contributed by atoms with E-state index in [1.165, 1.54) is 40.8 Å². The Hall–Kier alpha value is -8.86. The zero-order valence-electron chi connectivity index (χ0n) is 57.8. The van der Waals surface area contributed by atoms with Crippen molar-refractivity contribution in [3.8, 4) is 33.9 Å². The Morgan fingerprint density at radius 3 is 1.28 bits per heavy atom. The number of aliphatic hydroxyl groups is 2. The van der Waals surface area contributed by atoms with Gasteiger partial charge in [-0.3, -0.25) is 38.1 Å². The highest BCUT2D eigenvalue weighted by atomic mass is 32.1. The quantitative estimate of drug-likeness (QED) is 0.0837. The first-order valence-corrected chi connectivity index (χ1v) is 33.9. The van der Waals surface area contributed by atoms with E-state index in [1.807, 2.05) is 70.0 Å². The number of aryl methyl sites for hydroxylation is 2. The molecule has 0 radical (unpaired) electrons. The zero-order chi connectivity index (χ0) is 68.1. The van der Waals surface area contributed by atoms with Gasteiger partial charge in [0.25, 0.3) is 22.2 Å². The van der Waals surface area contributed by atoms with Crippen molar-refractivity contribution in [2.24, 2.45) is 24.9 Å². The maximum Gasteiger partial charge on any atom is 0.280 e.